The van der Waals surface area contributed by atoms with Gasteiger partial charge >= 0.3 is 0 Å². The van der Waals surface area contributed by atoms with Crippen molar-refractivity contribution in [3.05, 3.63) is 34.3 Å². The van der Waals surface area contributed by atoms with Crippen LogP contribution in [0.4, 0.5) is 0 Å². The molecular formula is C13H21BrN2. The van der Waals surface area contributed by atoms with Crippen molar-refractivity contribution in [2.24, 2.45) is 0 Å². The molecule has 0 aliphatic rings. The van der Waals surface area contributed by atoms with Crippen LogP contribution in [0.1, 0.15) is 25.8 Å². The van der Waals surface area contributed by atoms with Gasteiger partial charge in [-0.05, 0) is 37.6 Å². The molecule has 2 nitrogen and oxygen atoms in total. The van der Waals surface area contributed by atoms with Gasteiger partial charge < -0.3 is 10.6 Å². The Hall–Kier alpha value is -0.380. The number of nitrogens with one attached hydrogen (secondary N) is 2. The van der Waals surface area contributed by atoms with Crippen molar-refractivity contribution in [3.63, 3.8) is 0 Å². The summed E-state index contributed by atoms with van der Waals surface area (Å²) in [6, 6.07) is 8.95. The summed E-state index contributed by atoms with van der Waals surface area (Å²) in [5.41, 5.74) is 1.32. The van der Waals surface area contributed by atoms with Crippen LogP contribution >= 0.6 is 15.9 Å². The molecule has 0 bridgehead atoms. The molecule has 0 aliphatic heterocycles. The Morgan fingerprint density at radius 3 is 2.56 bits per heavy atom. The van der Waals surface area contributed by atoms with E-state index in [1.165, 1.54) is 12.0 Å². The van der Waals surface area contributed by atoms with Crippen molar-refractivity contribution < 1.29 is 0 Å². The van der Waals surface area contributed by atoms with E-state index in [1.54, 1.807) is 0 Å². The van der Waals surface area contributed by atoms with E-state index < -0.39 is 0 Å². The normalized spacial score (nSPS) is 12.7. The minimum Gasteiger partial charge on any atom is -0.315 e. The largest absolute Gasteiger partial charge is 0.315 e. The van der Waals surface area contributed by atoms with Crippen LogP contribution in [-0.4, -0.2) is 19.1 Å². The van der Waals surface area contributed by atoms with Gasteiger partial charge in [-0.3, -0.25) is 0 Å². The molecule has 0 fully saturated rings. The molecule has 2 N–H and O–H groups in total. The summed E-state index contributed by atoms with van der Waals surface area (Å²) >= 11 is 3.44. The Kier molecular flexibility index (Phi) is 6.69. The Morgan fingerprint density at radius 2 is 1.94 bits per heavy atom. The van der Waals surface area contributed by atoms with Gasteiger partial charge in [0.15, 0.2) is 0 Å². The van der Waals surface area contributed by atoms with Crippen LogP contribution < -0.4 is 10.6 Å². The SMILES string of the molecule is CCCNCC(C)NCc1ccc(Br)cc1. The molecule has 0 aromatic heterocycles. The van der Waals surface area contributed by atoms with Crippen molar-refractivity contribution in [2.75, 3.05) is 13.1 Å². The molecule has 1 aromatic rings. The second-order valence-electron chi connectivity index (χ2n) is 4.11. The fourth-order valence-electron chi connectivity index (χ4n) is 1.46. The fourth-order valence-corrected chi connectivity index (χ4v) is 1.73. The topological polar surface area (TPSA) is 24.1 Å². The molecule has 0 amide bonds. The predicted octanol–water partition coefficient (Wildman–Crippen LogP) is 2.93. The monoisotopic (exact) mass is 284 g/mol. The Labute approximate surface area is 107 Å². The third-order valence-corrected chi connectivity index (χ3v) is 2.97. The number of halogens is 1. The van der Waals surface area contributed by atoms with Crippen LogP contribution in [-0.2, 0) is 6.54 Å². The summed E-state index contributed by atoms with van der Waals surface area (Å²) in [6.07, 6.45) is 1.19. The van der Waals surface area contributed by atoms with Crippen molar-refractivity contribution >= 4 is 15.9 Å². The third-order valence-electron chi connectivity index (χ3n) is 2.45. The fraction of sp³-hybridized carbons (Fsp3) is 0.538. The number of rotatable bonds is 7. The van der Waals surface area contributed by atoms with E-state index in [0.29, 0.717) is 6.04 Å². The van der Waals surface area contributed by atoms with Gasteiger partial charge in [0.05, 0.1) is 0 Å². The van der Waals surface area contributed by atoms with Crippen LogP contribution in [0.25, 0.3) is 0 Å². The van der Waals surface area contributed by atoms with Crippen LogP contribution in [0, 0.1) is 0 Å². The van der Waals surface area contributed by atoms with Crippen LogP contribution in [0.5, 0.6) is 0 Å². The molecule has 0 saturated carbocycles. The summed E-state index contributed by atoms with van der Waals surface area (Å²) in [5.74, 6) is 0. The van der Waals surface area contributed by atoms with Gasteiger partial charge in [0, 0.05) is 23.6 Å². The number of benzene rings is 1. The van der Waals surface area contributed by atoms with Crippen LogP contribution in [0.3, 0.4) is 0 Å². The van der Waals surface area contributed by atoms with Gasteiger partial charge in [-0.25, -0.2) is 0 Å². The average molecular weight is 285 g/mol. The molecule has 0 saturated heterocycles. The summed E-state index contributed by atoms with van der Waals surface area (Å²) in [7, 11) is 0. The standard InChI is InChI=1S/C13H21BrN2/c1-3-8-15-9-11(2)16-10-12-4-6-13(14)7-5-12/h4-7,11,15-16H,3,8-10H2,1-2H3. The van der Waals surface area contributed by atoms with Crippen LogP contribution in [0.15, 0.2) is 28.7 Å². The maximum Gasteiger partial charge on any atom is 0.0208 e. The van der Waals surface area contributed by atoms with Gasteiger partial charge in [0.2, 0.25) is 0 Å². The maximum absolute atomic E-state index is 3.50. The Bertz CT molecular complexity index is 284. The van der Waals surface area contributed by atoms with E-state index in [1.807, 2.05) is 0 Å². The first-order valence-electron chi connectivity index (χ1n) is 5.91. The van der Waals surface area contributed by atoms with E-state index in [9.17, 15) is 0 Å². The molecule has 0 radical (unpaired) electrons. The highest BCUT2D eigenvalue weighted by molar-refractivity contribution is 9.10. The van der Waals surface area contributed by atoms with E-state index >= 15 is 0 Å². The highest BCUT2D eigenvalue weighted by atomic mass is 79.9. The maximum atomic E-state index is 3.50. The molecule has 16 heavy (non-hydrogen) atoms. The van der Waals surface area contributed by atoms with Gasteiger partial charge in [-0.15, -0.1) is 0 Å². The zero-order valence-corrected chi connectivity index (χ0v) is 11.7. The molecular weight excluding hydrogens is 264 g/mol. The molecule has 1 aromatic carbocycles. The van der Waals surface area contributed by atoms with Gasteiger partial charge in [-0.2, -0.15) is 0 Å². The minimum atomic E-state index is 0.509. The molecule has 1 atom stereocenters. The lowest BCUT2D eigenvalue weighted by molar-refractivity contribution is 0.501. The molecule has 90 valence electrons. The zero-order chi connectivity index (χ0) is 11.8. The zero-order valence-electron chi connectivity index (χ0n) is 10.1. The van der Waals surface area contributed by atoms with E-state index in [0.717, 1.165) is 24.1 Å². The van der Waals surface area contributed by atoms with Crippen molar-refractivity contribution in [1.82, 2.24) is 10.6 Å². The first-order valence-corrected chi connectivity index (χ1v) is 6.70. The minimum absolute atomic E-state index is 0.509. The van der Waals surface area contributed by atoms with E-state index in [2.05, 4.69) is 64.7 Å². The summed E-state index contributed by atoms with van der Waals surface area (Å²) in [4.78, 5) is 0. The molecule has 1 unspecified atom stereocenters. The smallest absolute Gasteiger partial charge is 0.0208 e. The van der Waals surface area contributed by atoms with Crippen molar-refractivity contribution in [1.29, 1.82) is 0 Å². The Balaban J connectivity index is 2.20. The average Bonchev–Trinajstić information content (AvgIpc) is 2.29. The lowest BCUT2D eigenvalue weighted by atomic mass is 10.2. The van der Waals surface area contributed by atoms with Crippen molar-refractivity contribution in [2.45, 2.75) is 32.9 Å². The predicted molar refractivity (Wildman–Crippen MR) is 73.6 cm³/mol. The van der Waals surface area contributed by atoms with Gasteiger partial charge in [0.25, 0.3) is 0 Å². The highest BCUT2D eigenvalue weighted by Gasteiger charge is 2.00. The second kappa shape index (κ2) is 7.82. The number of hydrogen-bond donors (Lipinski definition) is 2. The molecule has 0 heterocycles. The summed E-state index contributed by atoms with van der Waals surface area (Å²) in [6.45, 7) is 7.46. The highest BCUT2D eigenvalue weighted by Crippen LogP contribution is 2.10. The van der Waals surface area contributed by atoms with Crippen molar-refractivity contribution in [3.8, 4) is 0 Å². The first-order chi connectivity index (χ1) is 7.72. The molecule has 1 rings (SSSR count). The summed E-state index contributed by atoms with van der Waals surface area (Å²) in [5, 5.41) is 6.91. The number of hydrogen-bond acceptors (Lipinski definition) is 2. The van der Waals surface area contributed by atoms with Gasteiger partial charge in [0.1, 0.15) is 0 Å². The summed E-state index contributed by atoms with van der Waals surface area (Å²) < 4.78 is 1.13. The lowest BCUT2D eigenvalue weighted by Crippen LogP contribution is -2.36. The molecule has 0 aliphatic carbocycles. The lowest BCUT2D eigenvalue weighted by Gasteiger charge is -2.14. The first kappa shape index (κ1) is 13.7. The molecule has 0 spiro atoms. The van der Waals surface area contributed by atoms with E-state index in [-0.39, 0.29) is 0 Å². The van der Waals surface area contributed by atoms with E-state index in [4.69, 9.17) is 0 Å². The third kappa shape index (κ3) is 5.64. The quantitative estimate of drug-likeness (QED) is 0.753. The van der Waals surface area contributed by atoms with Crippen LogP contribution in [0.2, 0.25) is 0 Å². The van der Waals surface area contributed by atoms with Gasteiger partial charge in [-0.1, -0.05) is 35.0 Å². The Morgan fingerprint density at radius 1 is 1.25 bits per heavy atom. The molecule has 3 heteroatoms. The second-order valence-corrected chi connectivity index (χ2v) is 5.03.